The van der Waals surface area contributed by atoms with Crippen molar-refractivity contribution in [2.24, 2.45) is 5.92 Å². The van der Waals surface area contributed by atoms with Crippen molar-refractivity contribution >= 4 is 28.1 Å². The highest BCUT2D eigenvalue weighted by molar-refractivity contribution is 7.13. The Balaban J connectivity index is 1.06. The Morgan fingerprint density at radius 1 is 1.27 bits per heavy atom. The molecule has 2 aromatic heterocycles. The normalized spacial score (nSPS) is 20.6. The number of aromatic nitrogens is 3. The van der Waals surface area contributed by atoms with E-state index in [4.69, 9.17) is 4.74 Å². The van der Waals surface area contributed by atoms with Crippen LogP contribution in [0.25, 0.3) is 10.9 Å². The largest absolute Gasteiger partial charge is 0.464 e. The van der Waals surface area contributed by atoms with E-state index < -0.39 is 19.3 Å². The maximum Gasteiger partial charge on any atom is 0.278 e. The minimum atomic E-state index is -2.87. The molecule has 0 atom stereocenters. The van der Waals surface area contributed by atoms with Gasteiger partial charge in [-0.15, -0.1) is 0 Å². The van der Waals surface area contributed by atoms with Gasteiger partial charge >= 0.3 is 0 Å². The van der Waals surface area contributed by atoms with Crippen LogP contribution in [0.5, 0.6) is 5.19 Å². The number of amides is 1. The van der Waals surface area contributed by atoms with Gasteiger partial charge < -0.3 is 10.1 Å². The van der Waals surface area contributed by atoms with E-state index in [9.17, 15) is 18.0 Å². The molecule has 11 heteroatoms. The SMILES string of the molecule is CC(F)(F)COc1nc2c(s1)CCN(CCC1CCC(NC(=O)c3cccc4nn(CF)cc34)CC1)C2. The van der Waals surface area contributed by atoms with Gasteiger partial charge in [0.2, 0.25) is 0 Å². The fourth-order valence-electron chi connectivity index (χ4n) is 5.25. The Hall–Kier alpha value is -2.66. The molecule has 1 aliphatic heterocycles. The van der Waals surface area contributed by atoms with Gasteiger partial charge in [0.15, 0.2) is 13.4 Å². The maximum absolute atomic E-state index is 13.1. The molecule has 2 aliphatic rings. The second kappa shape index (κ2) is 11.0. The predicted molar refractivity (Wildman–Crippen MR) is 136 cm³/mol. The van der Waals surface area contributed by atoms with Gasteiger partial charge in [0.25, 0.3) is 17.0 Å². The second-order valence-electron chi connectivity index (χ2n) is 10.2. The molecule has 1 saturated carbocycles. The van der Waals surface area contributed by atoms with Crippen LogP contribution in [0.4, 0.5) is 13.2 Å². The standard InChI is InChI=1S/C26H32F3N5O2S/c1-26(28,29)15-36-25-31-22-14-33(12-10-23(22)37-25)11-9-17-5-7-18(8-6-17)30-24(35)19-3-2-4-21-20(19)13-34(16-27)32-21/h2-4,13,17-18H,5-12,14-16H2,1H3,(H,30,35). The van der Waals surface area contributed by atoms with Crippen LogP contribution < -0.4 is 10.1 Å². The maximum atomic E-state index is 13.1. The zero-order valence-electron chi connectivity index (χ0n) is 20.9. The summed E-state index contributed by atoms with van der Waals surface area (Å²) in [5, 5.41) is 8.31. The van der Waals surface area contributed by atoms with Crippen LogP contribution in [0.1, 0.15) is 60.0 Å². The van der Waals surface area contributed by atoms with Crippen LogP contribution in [0.3, 0.4) is 0 Å². The monoisotopic (exact) mass is 535 g/mol. The van der Waals surface area contributed by atoms with Crippen LogP contribution >= 0.6 is 11.3 Å². The van der Waals surface area contributed by atoms with Crippen LogP contribution in [-0.4, -0.2) is 57.2 Å². The fraction of sp³-hybridized carbons (Fsp3) is 0.577. The van der Waals surface area contributed by atoms with Crippen LogP contribution in [0.2, 0.25) is 0 Å². The van der Waals surface area contributed by atoms with Gasteiger partial charge in [0.05, 0.1) is 16.8 Å². The number of ether oxygens (including phenoxy) is 1. The molecule has 0 bridgehead atoms. The molecule has 0 unspecified atom stereocenters. The Morgan fingerprint density at radius 2 is 2.08 bits per heavy atom. The van der Waals surface area contributed by atoms with Crippen LogP contribution in [0, 0.1) is 5.92 Å². The Bertz CT molecular complexity index is 1230. The van der Waals surface area contributed by atoms with E-state index in [1.807, 2.05) is 0 Å². The average molecular weight is 536 g/mol. The molecule has 0 radical (unpaired) electrons. The summed E-state index contributed by atoms with van der Waals surface area (Å²) in [6.07, 6.45) is 7.54. The van der Waals surface area contributed by atoms with Crippen molar-refractivity contribution in [1.29, 1.82) is 0 Å². The van der Waals surface area contributed by atoms with Gasteiger partial charge in [-0.2, -0.15) is 5.10 Å². The van der Waals surface area contributed by atoms with Gasteiger partial charge in [-0.1, -0.05) is 17.4 Å². The molecule has 37 heavy (non-hydrogen) atoms. The smallest absolute Gasteiger partial charge is 0.278 e. The average Bonchev–Trinajstić information content (AvgIpc) is 3.49. The second-order valence-corrected chi connectivity index (χ2v) is 11.3. The van der Waals surface area contributed by atoms with E-state index >= 15 is 0 Å². The van der Waals surface area contributed by atoms with Crippen molar-refractivity contribution in [3.05, 3.63) is 40.5 Å². The van der Waals surface area contributed by atoms with Crippen molar-refractivity contribution in [3.8, 4) is 5.19 Å². The summed E-state index contributed by atoms with van der Waals surface area (Å²) in [6.45, 7) is 2.12. The van der Waals surface area contributed by atoms with Crippen molar-refractivity contribution < 1.29 is 22.7 Å². The lowest BCUT2D eigenvalue weighted by atomic mass is 9.84. The Morgan fingerprint density at radius 3 is 2.84 bits per heavy atom. The highest BCUT2D eigenvalue weighted by Gasteiger charge is 2.27. The summed E-state index contributed by atoms with van der Waals surface area (Å²) in [6, 6.07) is 5.45. The Labute approximate surface area is 218 Å². The third-order valence-electron chi connectivity index (χ3n) is 7.24. The fourth-order valence-corrected chi connectivity index (χ4v) is 6.15. The highest BCUT2D eigenvalue weighted by atomic mass is 32.1. The van der Waals surface area contributed by atoms with Gasteiger partial charge in [-0.05, 0) is 63.1 Å². The summed E-state index contributed by atoms with van der Waals surface area (Å²) in [7, 11) is 0. The first-order valence-corrected chi connectivity index (χ1v) is 13.6. The molecule has 0 spiro atoms. The number of nitrogens with zero attached hydrogens (tertiary/aromatic N) is 4. The molecule has 0 saturated heterocycles. The number of halogens is 3. The molecule has 7 nitrogen and oxygen atoms in total. The van der Waals surface area contributed by atoms with Crippen LogP contribution in [-0.2, 0) is 19.8 Å². The number of rotatable bonds is 9. The summed E-state index contributed by atoms with van der Waals surface area (Å²) in [5.74, 6) is -2.39. The third kappa shape index (κ3) is 6.43. The predicted octanol–water partition coefficient (Wildman–Crippen LogP) is 5.19. The molecule has 1 aromatic carbocycles. The Kier molecular flexibility index (Phi) is 7.71. The molecule has 3 aromatic rings. The van der Waals surface area contributed by atoms with E-state index in [1.165, 1.54) is 16.0 Å². The lowest BCUT2D eigenvalue weighted by molar-refractivity contribution is -0.0230. The molecular weight excluding hydrogens is 503 g/mol. The third-order valence-corrected chi connectivity index (χ3v) is 8.31. The molecular formula is C26H32F3N5O2S. The quantitative estimate of drug-likeness (QED) is 0.408. The number of benzene rings is 1. The number of thiazole rings is 1. The number of alkyl halides is 3. The van der Waals surface area contributed by atoms with Crippen molar-refractivity contribution in [2.45, 2.75) is 70.8 Å². The molecule has 1 amide bonds. The number of nitrogens with one attached hydrogen (secondary N) is 1. The number of carbonyl (C=O) groups excluding carboxylic acids is 1. The summed E-state index contributed by atoms with van der Waals surface area (Å²) < 4.78 is 45.5. The van der Waals surface area contributed by atoms with E-state index in [0.717, 1.165) is 75.7 Å². The first-order valence-electron chi connectivity index (χ1n) is 12.8. The summed E-state index contributed by atoms with van der Waals surface area (Å²) >= 11 is 1.38. The molecule has 3 heterocycles. The van der Waals surface area contributed by atoms with Gasteiger partial charge in [0.1, 0.15) is 0 Å². The number of hydrogen-bond acceptors (Lipinski definition) is 6. The minimum absolute atomic E-state index is 0.133. The summed E-state index contributed by atoms with van der Waals surface area (Å²) in [5.41, 5.74) is 2.09. The number of hydrogen-bond donors (Lipinski definition) is 1. The molecule has 5 rings (SSSR count). The van der Waals surface area contributed by atoms with E-state index in [-0.39, 0.29) is 11.9 Å². The van der Waals surface area contributed by atoms with Gasteiger partial charge in [0, 0.05) is 42.5 Å². The van der Waals surface area contributed by atoms with Crippen molar-refractivity contribution in [3.63, 3.8) is 0 Å². The molecule has 1 fully saturated rings. The zero-order chi connectivity index (χ0) is 26.0. The topological polar surface area (TPSA) is 72.3 Å². The minimum Gasteiger partial charge on any atom is -0.464 e. The van der Waals surface area contributed by atoms with Crippen molar-refractivity contribution in [1.82, 2.24) is 25.0 Å². The van der Waals surface area contributed by atoms with Gasteiger partial charge in [-0.25, -0.2) is 22.8 Å². The number of carbonyl (C=O) groups is 1. The first kappa shape index (κ1) is 26.0. The van der Waals surface area contributed by atoms with Crippen molar-refractivity contribution in [2.75, 3.05) is 19.7 Å². The summed E-state index contributed by atoms with van der Waals surface area (Å²) in [4.78, 5) is 20.9. The molecule has 200 valence electrons. The molecule has 1 aliphatic carbocycles. The van der Waals surface area contributed by atoms with E-state index in [0.29, 0.717) is 27.6 Å². The van der Waals surface area contributed by atoms with E-state index in [1.54, 1.807) is 24.4 Å². The molecule has 1 N–H and O–H groups in total. The lowest BCUT2D eigenvalue weighted by Gasteiger charge is -2.32. The van der Waals surface area contributed by atoms with Gasteiger partial charge in [-0.3, -0.25) is 9.69 Å². The van der Waals surface area contributed by atoms with Crippen LogP contribution in [0.15, 0.2) is 24.4 Å². The number of fused-ring (bicyclic) bond motifs is 2. The lowest BCUT2D eigenvalue weighted by Crippen LogP contribution is -2.38. The zero-order valence-corrected chi connectivity index (χ0v) is 21.7. The highest BCUT2D eigenvalue weighted by Crippen LogP contribution is 2.32. The first-order chi connectivity index (χ1) is 17.8. The van der Waals surface area contributed by atoms with E-state index in [2.05, 4.69) is 20.3 Å².